The summed E-state index contributed by atoms with van der Waals surface area (Å²) in [6.45, 7) is -0.276. The Hall–Kier alpha value is -3.18. The molecule has 0 fully saturated rings. The van der Waals surface area contributed by atoms with Gasteiger partial charge in [0, 0.05) is 0 Å². The number of carbonyl (C=O) groups is 2. The van der Waals surface area contributed by atoms with Crippen molar-refractivity contribution in [2.45, 2.75) is 0 Å². The summed E-state index contributed by atoms with van der Waals surface area (Å²) in [7, 11) is 0. The van der Waals surface area contributed by atoms with Crippen LogP contribution < -0.4 is 9.47 Å². The highest BCUT2D eigenvalue weighted by atomic mass is 79.9. The van der Waals surface area contributed by atoms with Crippen molar-refractivity contribution in [2.75, 3.05) is 6.61 Å². The molecular weight excluding hydrogens is 420 g/mol. The van der Waals surface area contributed by atoms with Crippen molar-refractivity contribution in [3.05, 3.63) is 82.8 Å². The van der Waals surface area contributed by atoms with Crippen molar-refractivity contribution < 1.29 is 19.1 Å². The largest absolute Gasteiger partial charge is 0.481 e. The molecule has 5 heteroatoms. The van der Waals surface area contributed by atoms with Crippen molar-refractivity contribution in [1.29, 1.82) is 0 Å². The van der Waals surface area contributed by atoms with Crippen molar-refractivity contribution >= 4 is 49.7 Å². The lowest BCUT2D eigenvalue weighted by Gasteiger charge is -2.12. The third-order valence-electron chi connectivity index (χ3n) is 4.45. The van der Waals surface area contributed by atoms with Gasteiger partial charge in [-0.15, -0.1) is 0 Å². The van der Waals surface area contributed by atoms with Crippen LogP contribution in [0.25, 0.3) is 21.5 Å². The van der Waals surface area contributed by atoms with E-state index in [1.54, 1.807) is 12.1 Å². The number of rotatable bonds is 5. The zero-order valence-electron chi connectivity index (χ0n) is 14.7. The summed E-state index contributed by atoms with van der Waals surface area (Å²) >= 11 is 3.53. The van der Waals surface area contributed by atoms with E-state index in [1.807, 2.05) is 60.7 Å². The fourth-order valence-corrected chi connectivity index (χ4v) is 3.71. The van der Waals surface area contributed by atoms with Crippen LogP contribution in [0.3, 0.4) is 0 Å². The highest BCUT2D eigenvalue weighted by Crippen LogP contribution is 2.33. The highest BCUT2D eigenvalue weighted by Gasteiger charge is 2.14. The molecule has 4 aromatic rings. The summed E-state index contributed by atoms with van der Waals surface area (Å²) in [6.07, 6.45) is 0.700. The molecule has 0 bridgehead atoms. The molecule has 28 heavy (non-hydrogen) atoms. The van der Waals surface area contributed by atoms with Gasteiger partial charge in [0.2, 0.25) is 0 Å². The van der Waals surface area contributed by atoms with Crippen molar-refractivity contribution in [3.8, 4) is 11.5 Å². The van der Waals surface area contributed by atoms with Gasteiger partial charge in [0.05, 0.1) is 10.0 Å². The van der Waals surface area contributed by atoms with Crippen molar-refractivity contribution in [2.24, 2.45) is 0 Å². The van der Waals surface area contributed by atoms with Crippen molar-refractivity contribution in [1.82, 2.24) is 0 Å². The zero-order valence-corrected chi connectivity index (χ0v) is 16.3. The van der Waals surface area contributed by atoms with Crippen LogP contribution in [0.2, 0.25) is 0 Å². The number of halogens is 1. The molecule has 0 aliphatic carbocycles. The van der Waals surface area contributed by atoms with Gasteiger partial charge in [0.15, 0.2) is 12.9 Å². The average Bonchev–Trinajstić information content (AvgIpc) is 2.73. The smallest absolute Gasteiger partial charge is 0.349 e. The van der Waals surface area contributed by atoms with E-state index in [-0.39, 0.29) is 12.4 Å². The Bertz CT molecular complexity index is 1200. The van der Waals surface area contributed by atoms with Crippen LogP contribution in [-0.4, -0.2) is 18.9 Å². The Morgan fingerprint density at radius 2 is 1.43 bits per heavy atom. The van der Waals surface area contributed by atoms with Gasteiger partial charge in [-0.2, -0.15) is 0 Å². The molecular formula is C23H15BrO4. The van der Waals surface area contributed by atoms with Gasteiger partial charge < -0.3 is 9.47 Å². The van der Waals surface area contributed by atoms with Gasteiger partial charge in [-0.1, -0.05) is 60.7 Å². The van der Waals surface area contributed by atoms with E-state index in [2.05, 4.69) is 15.9 Å². The molecule has 0 heterocycles. The second-order valence-electron chi connectivity index (χ2n) is 6.18. The van der Waals surface area contributed by atoms with E-state index >= 15 is 0 Å². The van der Waals surface area contributed by atoms with E-state index in [4.69, 9.17) is 9.47 Å². The maximum atomic E-state index is 12.3. The second-order valence-corrected chi connectivity index (χ2v) is 6.97. The number of ether oxygens (including phenoxy) is 2. The van der Waals surface area contributed by atoms with E-state index < -0.39 is 5.97 Å². The summed E-state index contributed by atoms with van der Waals surface area (Å²) in [4.78, 5) is 23.8. The molecule has 0 amide bonds. The van der Waals surface area contributed by atoms with Crippen LogP contribution >= 0.6 is 15.9 Å². The van der Waals surface area contributed by atoms with Crippen LogP contribution in [0.5, 0.6) is 11.5 Å². The summed E-state index contributed by atoms with van der Waals surface area (Å²) < 4.78 is 11.8. The summed E-state index contributed by atoms with van der Waals surface area (Å²) in [6, 6.07) is 22.5. The lowest BCUT2D eigenvalue weighted by Crippen LogP contribution is -2.18. The monoisotopic (exact) mass is 434 g/mol. The minimum Gasteiger partial charge on any atom is -0.481 e. The molecule has 0 saturated carbocycles. The Kier molecular flexibility index (Phi) is 5.08. The number of hydrogen-bond acceptors (Lipinski definition) is 4. The third-order valence-corrected chi connectivity index (χ3v) is 5.26. The van der Waals surface area contributed by atoms with Crippen LogP contribution in [0.4, 0.5) is 0 Å². The summed E-state index contributed by atoms with van der Waals surface area (Å²) in [5.41, 5.74) is 0.346. The highest BCUT2D eigenvalue weighted by molar-refractivity contribution is 9.10. The van der Waals surface area contributed by atoms with Crippen LogP contribution in [-0.2, 0) is 4.79 Å². The Morgan fingerprint density at radius 1 is 0.821 bits per heavy atom. The number of benzene rings is 4. The van der Waals surface area contributed by atoms with Gasteiger partial charge in [-0.3, -0.25) is 4.79 Å². The summed E-state index contributed by atoms with van der Waals surface area (Å²) in [5.74, 6) is 0.183. The van der Waals surface area contributed by atoms with Gasteiger partial charge in [0.1, 0.15) is 11.5 Å². The van der Waals surface area contributed by atoms with Crippen LogP contribution in [0.1, 0.15) is 10.4 Å². The van der Waals surface area contributed by atoms with Crippen LogP contribution in [0, 0.1) is 0 Å². The maximum Gasteiger partial charge on any atom is 0.349 e. The summed E-state index contributed by atoms with van der Waals surface area (Å²) in [5, 5.41) is 3.70. The number of carbonyl (C=O) groups excluding carboxylic acids is 2. The van der Waals surface area contributed by atoms with Gasteiger partial charge in [-0.05, 0) is 49.6 Å². The average molecular weight is 435 g/mol. The van der Waals surface area contributed by atoms with E-state index in [0.29, 0.717) is 17.6 Å². The minimum absolute atomic E-state index is 0.222. The SMILES string of the molecule is O=Cc1c(OC(=O)COc2ccc3ccccc3c2Br)ccc2ccccc12. The number of hydrogen-bond donors (Lipinski definition) is 0. The molecule has 0 atom stereocenters. The lowest BCUT2D eigenvalue weighted by atomic mass is 10.0. The number of aldehydes is 1. The Balaban J connectivity index is 1.52. The van der Waals surface area contributed by atoms with Gasteiger partial charge >= 0.3 is 5.97 Å². The van der Waals surface area contributed by atoms with Gasteiger partial charge in [-0.25, -0.2) is 4.79 Å². The molecule has 0 aliphatic rings. The molecule has 4 rings (SSSR count). The predicted octanol–water partition coefficient (Wildman–Crippen LogP) is 5.55. The number of fused-ring (bicyclic) bond motifs is 2. The Morgan fingerprint density at radius 3 is 2.14 bits per heavy atom. The van der Waals surface area contributed by atoms with E-state index in [9.17, 15) is 9.59 Å². The maximum absolute atomic E-state index is 12.3. The number of esters is 1. The molecule has 0 unspecified atom stereocenters. The molecule has 0 spiro atoms. The predicted molar refractivity (Wildman–Crippen MR) is 112 cm³/mol. The first kappa shape index (κ1) is 18.2. The zero-order chi connectivity index (χ0) is 19.5. The standard InChI is InChI=1S/C23H15BrO4/c24-23-18-8-4-2-6-16(18)10-12-21(23)27-14-22(26)28-20-11-9-15-5-1-3-7-17(15)19(20)13-25/h1-13H,14H2. The molecule has 0 aromatic heterocycles. The first-order chi connectivity index (χ1) is 13.7. The van der Waals surface area contributed by atoms with E-state index in [0.717, 1.165) is 26.0 Å². The molecule has 0 aliphatic heterocycles. The molecule has 138 valence electrons. The van der Waals surface area contributed by atoms with Gasteiger partial charge in [0.25, 0.3) is 0 Å². The third kappa shape index (κ3) is 3.49. The fraction of sp³-hybridized carbons (Fsp3) is 0.0435. The first-order valence-corrected chi connectivity index (χ1v) is 9.44. The molecule has 4 nitrogen and oxygen atoms in total. The molecule has 0 N–H and O–H groups in total. The van der Waals surface area contributed by atoms with Crippen LogP contribution in [0.15, 0.2) is 77.3 Å². The quantitative estimate of drug-likeness (QED) is 0.234. The molecule has 0 radical (unpaired) electrons. The topological polar surface area (TPSA) is 52.6 Å². The Labute approximate surface area is 169 Å². The normalized spacial score (nSPS) is 10.8. The lowest BCUT2D eigenvalue weighted by molar-refractivity contribution is -0.136. The first-order valence-electron chi connectivity index (χ1n) is 8.65. The fourth-order valence-electron chi connectivity index (χ4n) is 3.10. The molecule has 4 aromatic carbocycles. The minimum atomic E-state index is -0.585. The molecule has 0 saturated heterocycles. The second kappa shape index (κ2) is 7.82. The van der Waals surface area contributed by atoms with Crippen molar-refractivity contribution in [3.63, 3.8) is 0 Å². The van der Waals surface area contributed by atoms with E-state index in [1.165, 1.54) is 0 Å².